The fourth-order valence-corrected chi connectivity index (χ4v) is 0.265. The van der Waals surface area contributed by atoms with Crippen molar-refractivity contribution in [3.8, 4) is 0 Å². The smallest absolute Gasteiger partial charge is 0.409 e. The first-order valence-electron chi connectivity index (χ1n) is 2.43. The molecule has 0 rings (SSSR count). The first-order valence-corrected chi connectivity index (χ1v) is 2.43. The van der Waals surface area contributed by atoms with Crippen molar-refractivity contribution in [3.05, 3.63) is 12.7 Å². The van der Waals surface area contributed by atoms with Gasteiger partial charge in [-0.15, -0.1) is 6.58 Å². The quantitative estimate of drug-likeness (QED) is 0.413. The van der Waals surface area contributed by atoms with E-state index in [9.17, 15) is 4.79 Å². The average Bonchev–Trinajstić information content (AvgIpc) is 1.85. The summed E-state index contributed by atoms with van der Waals surface area (Å²) in [7, 11) is 0. The maximum absolute atomic E-state index is 10.3. The number of hydrogen-bond donors (Lipinski definition) is 2. The number of alkyl carbamates (subject to hydrolysis) is 1. The number of aliphatic hydroxyl groups excluding tert-OH is 1. The Bertz CT molecular complexity index is 102. The van der Waals surface area contributed by atoms with Gasteiger partial charge in [-0.3, -0.25) is 0 Å². The molecule has 0 saturated heterocycles. The number of rotatable bonds is 3. The summed E-state index contributed by atoms with van der Waals surface area (Å²) < 4.78 is 4.10. The molecule has 0 aliphatic carbocycles. The Morgan fingerprint density at radius 2 is 2.56 bits per heavy atom. The Morgan fingerprint density at radius 3 is 3.00 bits per heavy atom. The highest BCUT2D eigenvalue weighted by molar-refractivity contribution is 5.67. The topological polar surface area (TPSA) is 58.6 Å². The van der Waals surface area contributed by atoms with Crippen LogP contribution in [-0.4, -0.2) is 24.5 Å². The molecule has 0 saturated carbocycles. The molecule has 4 heteroatoms. The molecule has 4 nitrogen and oxygen atoms in total. The second-order valence-electron chi connectivity index (χ2n) is 1.23. The molecule has 0 atom stereocenters. The van der Waals surface area contributed by atoms with Gasteiger partial charge in [0, 0.05) is 6.54 Å². The number of carbonyl (C=O) groups is 1. The van der Waals surface area contributed by atoms with Crippen molar-refractivity contribution < 1.29 is 14.6 Å². The van der Waals surface area contributed by atoms with Crippen LogP contribution < -0.4 is 5.32 Å². The maximum Gasteiger partial charge on any atom is 0.409 e. The van der Waals surface area contributed by atoms with E-state index in [2.05, 4.69) is 16.6 Å². The van der Waals surface area contributed by atoms with Crippen LogP contribution in [0.4, 0.5) is 4.79 Å². The standard InChI is InChI=1S/C5H9NO3/c1-2-3-6-5(8)9-4-7/h2,7H,1,3-4H2,(H,6,8). The third-order valence-electron chi connectivity index (χ3n) is 0.586. The lowest BCUT2D eigenvalue weighted by Gasteiger charge is -1.99. The second-order valence-corrected chi connectivity index (χ2v) is 1.23. The van der Waals surface area contributed by atoms with Gasteiger partial charge >= 0.3 is 6.09 Å². The molecule has 0 aliphatic rings. The summed E-state index contributed by atoms with van der Waals surface area (Å²) in [4.78, 5) is 10.3. The summed E-state index contributed by atoms with van der Waals surface area (Å²) in [6, 6.07) is 0. The van der Waals surface area contributed by atoms with Crippen molar-refractivity contribution >= 4 is 6.09 Å². The van der Waals surface area contributed by atoms with Gasteiger partial charge in [-0.2, -0.15) is 0 Å². The van der Waals surface area contributed by atoms with E-state index in [-0.39, 0.29) is 0 Å². The summed E-state index contributed by atoms with van der Waals surface area (Å²) >= 11 is 0. The summed E-state index contributed by atoms with van der Waals surface area (Å²) in [5.41, 5.74) is 0. The molecule has 1 amide bonds. The monoisotopic (exact) mass is 131 g/mol. The van der Waals surface area contributed by atoms with Crippen molar-refractivity contribution in [1.82, 2.24) is 5.32 Å². The van der Waals surface area contributed by atoms with Crippen LogP contribution in [0.3, 0.4) is 0 Å². The zero-order chi connectivity index (χ0) is 7.11. The molecule has 0 aliphatic heterocycles. The van der Waals surface area contributed by atoms with Gasteiger partial charge in [0.1, 0.15) is 0 Å². The van der Waals surface area contributed by atoms with Crippen LogP contribution in [-0.2, 0) is 4.74 Å². The van der Waals surface area contributed by atoms with Crippen molar-refractivity contribution in [1.29, 1.82) is 0 Å². The van der Waals surface area contributed by atoms with E-state index in [1.165, 1.54) is 6.08 Å². The van der Waals surface area contributed by atoms with Crippen LogP contribution >= 0.6 is 0 Å². The molecule has 0 fully saturated rings. The number of ether oxygens (including phenoxy) is 1. The Kier molecular flexibility index (Phi) is 4.53. The number of aliphatic hydroxyl groups is 1. The molecule has 0 aromatic carbocycles. The highest BCUT2D eigenvalue weighted by Gasteiger charge is 1.94. The van der Waals surface area contributed by atoms with Gasteiger partial charge in [0.2, 0.25) is 0 Å². The van der Waals surface area contributed by atoms with Gasteiger partial charge in [-0.1, -0.05) is 6.08 Å². The molecule has 52 valence electrons. The highest BCUT2D eigenvalue weighted by Crippen LogP contribution is 1.72. The predicted molar refractivity (Wildman–Crippen MR) is 31.8 cm³/mol. The minimum atomic E-state index is -0.641. The zero-order valence-corrected chi connectivity index (χ0v) is 4.96. The van der Waals surface area contributed by atoms with Crippen LogP contribution in [0.5, 0.6) is 0 Å². The van der Waals surface area contributed by atoms with E-state index >= 15 is 0 Å². The normalized spacial score (nSPS) is 8.11. The molecule has 0 aromatic rings. The Balaban J connectivity index is 3.16. The van der Waals surface area contributed by atoms with E-state index in [0.717, 1.165) is 0 Å². The number of amides is 1. The summed E-state index contributed by atoms with van der Waals surface area (Å²) in [5.74, 6) is 0. The van der Waals surface area contributed by atoms with Gasteiger partial charge in [-0.05, 0) is 0 Å². The third-order valence-corrected chi connectivity index (χ3v) is 0.586. The molecular formula is C5H9NO3. The van der Waals surface area contributed by atoms with Gasteiger partial charge in [0.25, 0.3) is 0 Å². The molecule has 0 heterocycles. The van der Waals surface area contributed by atoms with Crippen molar-refractivity contribution in [2.75, 3.05) is 13.3 Å². The fourth-order valence-electron chi connectivity index (χ4n) is 0.265. The number of carbonyl (C=O) groups excluding carboxylic acids is 1. The van der Waals surface area contributed by atoms with Crippen molar-refractivity contribution in [2.24, 2.45) is 0 Å². The second kappa shape index (κ2) is 5.11. The number of hydrogen-bond acceptors (Lipinski definition) is 3. The first-order chi connectivity index (χ1) is 4.31. The van der Waals surface area contributed by atoms with Gasteiger partial charge < -0.3 is 15.2 Å². The molecule has 0 unspecified atom stereocenters. The van der Waals surface area contributed by atoms with Crippen LogP contribution in [0.25, 0.3) is 0 Å². The van der Waals surface area contributed by atoms with Gasteiger partial charge in [0.05, 0.1) is 0 Å². The SMILES string of the molecule is C=CCNC(=O)OCO. The van der Waals surface area contributed by atoms with Crippen LogP contribution in [0.1, 0.15) is 0 Å². The van der Waals surface area contributed by atoms with Crippen molar-refractivity contribution in [2.45, 2.75) is 0 Å². The van der Waals surface area contributed by atoms with E-state index < -0.39 is 12.9 Å². The number of nitrogens with one attached hydrogen (secondary N) is 1. The molecule has 2 N–H and O–H groups in total. The lowest BCUT2D eigenvalue weighted by Crippen LogP contribution is -2.24. The summed E-state index contributed by atoms with van der Waals surface area (Å²) in [6.45, 7) is 3.11. The molecule has 0 aromatic heterocycles. The van der Waals surface area contributed by atoms with Gasteiger partial charge in [-0.25, -0.2) is 4.79 Å². The molecular weight excluding hydrogens is 122 g/mol. The first kappa shape index (κ1) is 7.97. The Labute approximate surface area is 53.1 Å². The van der Waals surface area contributed by atoms with Crippen LogP contribution in [0.2, 0.25) is 0 Å². The highest BCUT2D eigenvalue weighted by atomic mass is 16.6. The van der Waals surface area contributed by atoms with E-state index in [4.69, 9.17) is 5.11 Å². The largest absolute Gasteiger partial charge is 0.423 e. The average molecular weight is 131 g/mol. The van der Waals surface area contributed by atoms with Crippen LogP contribution in [0.15, 0.2) is 12.7 Å². The minimum absolute atomic E-state index is 0.346. The van der Waals surface area contributed by atoms with E-state index in [0.29, 0.717) is 6.54 Å². The minimum Gasteiger partial charge on any atom is -0.423 e. The van der Waals surface area contributed by atoms with E-state index in [1.807, 2.05) is 0 Å². The van der Waals surface area contributed by atoms with Gasteiger partial charge in [0.15, 0.2) is 6.79 Å². The van der Waals surface area contributed by atoms with Crippen molar-refractivity contribution in [3.63, 3.8) is 0 Å². The fraction of sp³-hybridized carbons (Fsp3) is 0.400. The molecule has 9 heavy (non-hydrogen) atoms. The maximum atomic E-state index is 10.3. The van der Waals surface area contributed by atoms with E-state index in [1.54, 1.807) is 0 Å². The lowest BCUT2D eigenvalue weighted by atomic mass is 10.6. The summed E-state index contributed by atoms with van der Waals surface area (Å²) in [6.07, 6.45) is 0.871. The lowest BCUT2D eigenvalue weighted by molar-refractivity contribution is 0.0449. The Hall–Kier alpha value is -1.03. The predicted octanol–water partition coefficient (Wildman–Crippen LogP) is -0.152. The molecule has 0 spiro atoms. The third kappa shape index (κ3) is 4.83. The summed E-state index contributed by atoms with van der Waals surface area (Å²) in [5, 5.41) is 10.3. The van der Waals surface area contributed by atoms with Crippen LogP contribution in [0, 0.1) is 0 Å². The Morgan fingerprint density at radius 1 is 1.89 bits per heavy atom. The molecule has 0 bridgehead atoms. The molecule has 0 radical (unpaired) electrons. The zero-order valence-electron chi connectivity index (χ0n) is 4.96.